The van der Waals surface area contributed by atoms with E-state index in [1.165, 1.54) is 0 Å². The minimum atomic E-state index is -0.844. The maximum Gasteiger partial charge on any atom is 0.329 e. The number of benzene rings is 2. The van der Waals surface area contributed by atoms with E-state index in [0.717, 1.165) is 5.56 Å². The molecule has 0 saturated carbocycles. The van der Waals surface area contributed by atoms with Crippen LogP contribution >= 0.6 is 0 Å². The van der Waals surface area contributed by atoms with Crippen molar-refractivity contribution in [2.24, 2.45) is 5.92 Å². The quantitative estimate of drug-likeness (QED) is 0.736. The zero-order valence-electron chi connectivity index (χ0n) is 15.7. The highest BCUT2D eigenvalue weighted by Crippen LogP contribution is 2.13. The van der Waals surface area contributed by atoms with Crippen molar-refractivity contribution in [3.8, 4) is 0 Å². The molecule has 0 unspecified atom stereocenters. The Balaban J connectivity index is 1.92. The molecule has 2 N–H and O–H groups in total. The van der Waals surface area contributed by atoms with Gasteiger partial charge in [-0.3, -0.25) is 9.59 Å². The van der Waals surface area contributed by atoms with Gasteiger partial charge in [0.1, 0.15) is 6.04 Å². The fourth-order valence-corrected chi connectivity index (χ4v) is 2.44. The second-order valence-electron chi connectivity index (χ2n) is 6.53. The van der Waals surface area contributed by atoms with Crippen LogP contribution < -0.4 is 10.6 Å². The average Bonchev–Trinajstić information content (AvgIpc) is 2.66. The van der Waals surface area contributed by atoms with Gasteiger partial charge in [-0.1, -0.05) is 50.2 Å². The molecular formula is C21H24N2O4. The molecular weight excluding hydrogens is 344 g/mol. The molecule has 0 aliphatic heterocycles. The summed E-state index contributed by atoms with van der Waals surface area (Å²) in [6.07, 6.45) is 0. The van der Waals surface area contributed by atoms with Crippen molar-refractivity contribution in [1.82, 2.24) is 5.32 Å². The zero-order valence-corrected chi connectivity index (χ0v) is 15.7. The van der Waals surface area contributed by atoms with E-state index in [1.54, 1.807) is 50.2 Å². The van der Waals surface area contributed by atoms with E-state index in [9.17, 15) is 14.4 Å². The number of carbonyl (C=O) groups is 3. The van der Waals surface area contributed by atoms with Crippen LogP contribution in [-0.4, -0.2) is 30.4 Å². The largest absolute Gasteiger partial charge is 0.454 e. The van der Waals surface area contributed by atoms with Gasteiger partial charge in [0.05, 0.1) is 0 Å². The topological polar surface area (TPSA) is 84.5 Å². The minimum absolute atomic E-state index is 0.190. The highest BCUT2D eigenvalue weighted by molar-refractivity contribution is 5.97. The van der Waals surface area contributed by atoms with E-state index >= 15 is 0 Å². The molecule has 0 aliphatic carbocycles. The Kier molecular flexibility index (Phi) is 7.11. The van der Waals surface area contributed by atoms with E-state index in [2.05, 4.69) is 10.6 Å². The molecule has 0 bridgehead atoms. The number of amides is 2. The lowest BCUT2D eigenvalue weighted by molar-refractivity contribution is -0.150. The minimum Gasteiger partial charge on any atom is -0.454 e. The SMILES string of the molecule is Cc1ccccc1NC(=O)COC(=O)[C@@H](NC(=O)c1ccccc1)C(C)C. The second kappa shape index (κ2) is 9.52. The van der Waals surface area contributed by atoms with Crippen LogP contribution in [0.15, 0.2) is 54.6 Å². The molecule has 6 heteroatoms. The van der Waals surface area contributed by atoms with Crippen molar-refractivity contribution in [3.05, 3.63) is 65.7 Å². The summed E-state index contributed by atoms with van der Waals surface area (Å²) >= 11 is 0. The molecule has 0 spiro atoms. The first-order valence-corrected chi connectivity index (χ1v) is 8.76. The molecule has 1 atom stereocenters. The molecule has 0 aliphatic rings. The van der Waals surface area contributed by atoms with E-state index < -0.39 is 24.5 Å². The molecule has 0 radical (unpaired) electrons. The van der Waals surface area contributed by atoms with Crippen LogP contribution in [-0.2, 0) is 14.3 Å². The molecule has 2 amide bonds. The van der Waals surface area contributed by atoms with Gasteiger partial charge in [0, 0.05) is 11.3 Å². The number of hydrogen-bond acceptors (Lipinski definition) is 4. The fourth-order valence-electron chi connectivity index (χ4n) is 2.44. The lowest BCUT2D eigenvalue weighted by Crippen LogP contribution is -2.45. The monoisotopic (exact) mass is 368 g/mol. The molecule has 0 aromatic heterocycles. The van der Waals surface area contributed by atoms with Crippen LogP contribution in [0.3, 0.4) is 0 Å². The van der Waals surface area contributed by atoms with Crippen LogP contribution in [0.25, 0.3) is 0 Å². The molecule has 27 heavy (non-hydrogen) atoms. The van der Waals surface area contributed by atoms with Crippen molar-refractivity contribution in [1.29, 1.82) is 0 Å². The number of carbonyl (C=O) groups excluding carboxylic acids is 3. The van der Waals surface area contributed by atoms with Gasteiger partial charge in [-0.25, -0.2) is 4.79 Å². The molecule has 0 fully saturated rings. The summed E-state index contributed by atoms with van der Waals surface area (Å²) in [4.78, 5) is 36.7. The molecule has 2 aromatic carbocycles. The Morgan fingerprint density at radius 3 is 2.22 bits per heavy atom. The predicted octanol–water partition coefficient (Wildman–Crippen LogP) is 2.93. The normalized spacial score (nSPS) is 11.6. The van der Waals surface area contributed by atoms with Crippen molar-refractivity contribution in [3.63, 3.8) is 0 Å². The number of anilines is 1. The Morgan fingerprint density at radius 2 is 1.59 bits per heavy atom. The number of aryl methyl sites for hydroxylation is 1. The molecule has 0 saturated heterocycles. The van der Waals surface area contributed by atoms with Gasteiger partial charge in [0.25, 0.3) is 11.8 Å². The Bertz CT molecular complexity index is 803. The third-order valence-corrected chi connectivity index (χ3v) is 4.01. The van der Waals surface area contributed by atoms with Crippen LogP contribution in [0.2, 0.25) is 0 Å². The smallest absolute Gasteiger partial charge is 0.329 e. The third kappa shape index (κ3) is 5.95. The Labute approximate surface area is 158 Å². The fraction of sp³-hybridized carbons (Fsp3) is 0.286. The highest BCUT2D eigenvalue weighted by Gasteiger charge is 2.26. The first-order valence-electron chi connectivity index (χ1n) is 8.76. The predicted molar refractivity (Wildman–Crippen MR) is 103 cm³/mol. The number of hydrogen-bond donors (Lipinski definition) is 2. The van der Waals surface area contributed by atoms with E-state index in [0.29, 0.717) is 11.3 Å². The van der Waals surface area contributed by atoms with Gasteiger partial charge in [-0.2, -0.15) is 0 Å². The highest BCUT2D eigenvalue weighted by atomic mass is 16.5. The van der Waals surface area contributed by atoms with E-state index in [4.69, 9.17) is 4.74 Å². The zero-order chi connectivity index (χ0) is 19.8. The summed E-state index contributed by atoms with van der Waals surface area (Å²) in [6.45, 7) is 5.04. The van der Waals surface area contributed by atoms with Crippen molar-refractivity contribution in [2.45, 2.75) is 26.8 Å². The van der Waals surface area contributed by atoms with Gasteiger partial charge < -0.3 is 15.4 Å². The van der Waals surface area contributed by atoms with E-state index in [1.807, 2.05) is 25.1 Å². The van der Waals surface area contributed by atoms with Crippen LogP contribution in [0.1, 0.15) is 29.8 Å². The number of rotatable bonds is 7. The molecule has 6 nitrogen and oxygen atoms in total. The van der Waals surface area contributed by atoms with Gasteiger partial charge in [0.15, 0.2) is 6.61 Å². The summed E-state index contributed by atoms with van der Waals surface area (Å²) in [5.41, 5.74) is 2.02. The van der Waals surface area contributed by atoms with Gasteiger partial charge in [-0.15, -0.1) is 0 Å². The molecule has 142 valence electrons. The van der Waals surface area contributed by atoms with Crippen molar-refractivity contribution >= 4 is 23.5 Å². The third-order valence-electron chi connectivity index (χ3n) is 4.01. The lowest BCUT2D eigenvalue weighted by atomic mass is 10.0. The number of esters is 1. The van der Waals surface area contributed by atoms with Crippen molar-refractivity contribution in [2.75, 3.05) is 11.9 Å². The van der Waals surface area contributed by atoms with Gasteiger partial charge >= 0.3 is 5.97 Å². The summed E-state index contributed by atoms with van der Waals surface area (Å²) in [5, 5.41) is 5.37. The van der Waals surface area contributed by atoms with Gasteiger partial charge in [0.2, 0.25) is 0 Å². The maximum absolute atomic E-state index is 12.4. The van der Waals surface area contributed by atoms with Crippen LogP contribution in [0, 0.1) is 12.8 Å². The second-order valence-corrected chi connectivity index (χ2v) is 6.53. The Morgan fingerprint density at radius 1 is 0.963 bits per heavy atom. The van der Waals surface area contributed by atoms with Gasteiger partial charge in [-0.05, 0) is 36.6 Å². The molecule has 2 rings (SSSR count). The summed E-state index contributed by atoms with van der Waals surface area (Å²) in [5.74, 6) is -1.64. The van der Waals surface area contributed by atoms with Crippen molar-refractivity contribution < 1.29 is 19.1 Å². The maximum atomic E-state index is 12.4. The van der Waals surface area contributed by atoms with E-state index in [-0.39, 0.29) is 11.8 Å². The van der Waals surface area contributed by atoms with Crippen LogP contribution in [0.4, 0.5) is 5.69 Å². The van der Waals surface area contributed by atoms with Crippen LogP contribution in [0.5, 0.6) is 0 Å². The lowest BCUT2D eigenvalue weighted by Gasteiger charge is -2.20. The first kappa shape index (κ1) is 20.2. The number of ether oxygens (including phenoxy) is 1. The molecule has 0 heterocycles. The number of para-hydroxylation sites is 1. The standard InChI is InChI=1S/C21H24N2O4/c1-14(2)19(23-20(25)16-10-5-4-6-11-16)21(26)27-13-18(24)22-17-12-8-7-9-15(17)3/h4-12,14,19H,13H2,1-3H3,(H,22,24)(H,23,25)/t19-/m0/s1. The Hall–Kier alpha value is -3.15. The summed E-state index contributed by atoms with van der Waals surface area (Å²) < 4.78 is 5.11. The summed E-state index contributed by atoms with van der Waals surface area (Å²) in [6, 6.07) is 15.1. The first-order chi connectivity index (χ1) is 12.9. The number of nitrogens with one attached hydrogen (secondary N) is 2. The average molecular weight is 368 g/mol. The summed E-state index contributed by atoms with van der Waals surface area (Å²) in [7, 11) is 0. The molecule has 2 aromatic rings.